The highest BCUT2D eigenvalue weighted by Gasteiger charge is 2.50. The van der Waals surface area contributed by atoms with Gasteiger partial charge in [-0.25, -0.2) is 0 Å². The number of piperidine rings is 1. The summed E-state index contributed by atoms with van der Waals surface area (Å²) >= 11 is 7.25. The van der Waals surface area contributed by atoms with Gasteiger partial charge in [0.05, 0.1) is 14.6 Å². The molecule has 2 aliphatic heterocycles. The number of amides is 2. The lowest BCUT2D eigenvalue weighted by atomic mass is 9.78. The zero-order valence-corrected chi connectivity index (χ0v) is 14.7. The lowest BCUT2D eigenvalue weighted by Crippen LogP contribution is -2.50. The van der Waals surface area contributed by atoms with Crippen LogP contribution in [-0.4, -0.2) is 47.8 Å². The van der Waals surface area contributed by atoms with Gasteiger partial charge in [0.2, 0.25) is 5.91 Å². The number of halogens is 1. The summed E-state index contributed by atoms with van der Waals surface area (Å²) in [5.74, 6) is 1.03. The second-order valence-corrected chi connectivity index (χ2v) is 8.87. The van der Waals surface area contributed by atoms with Crippen LogP contribution >= 0.6 is 22.9 Å². The summed E-state index contributed by atoms with van der Waals surface area (Å²) in [4.78, 5) is 30.2. The maximum atomic E-state index is 13.0. The Morgan fingerprint density at radius 1 is 1.30 bits per heavy atom. The van der Waals surface area contributed by atoms with Crippen LogP contribution in [0.4, 0.5) is 0 Å². The van der Waals surface area contributed by atoms with E-state index in [4.69, 9.17) is 11.6 Å². The number of rotatable bonds is 3. The second kappa shape index (κ2) is 5.78. The third kappa shape index (κ3) is 2.89. The fraction of sp³-hybridized carbons (Fsp3) is 0.647. The van der Waals surface area contributed by atoms with Crippen LogP contribution in [0.1, 0.15) is 41.8 Å². The Labute approximate surface area is 145 Å². The summed E-state index contributed by atoms with van der Waals surface area (Å²) in [6.45, 7) is 3.07. The van der Waals surface area contributed by atoms with Gasteiger partial charge in [-0.05, 0) is 50.2 Å². The lowest BCUT2D eigenvalue weighted by molar-refractivity contribution is -0.145. The Morgan fingerprint density at radius 3 is 2.83 bits per heavy atom. The fourth-order valence-corrected chi connectivity index (χ4v) is 4.96. The molecule has 3 aliphatic rings. The van der Waals surface area contributed by atoms with E-state index in [-0.39, 0.29) is 17.2 Å². The van der Waals surface area contributed by atoms with Gasteiger partial charge in [-0.3, -0.25) is 9.59 Å². The molecule has 6 heteroatoms. The highest BCUT2D eigenvalue weighted by Crippen LogP contribution is 2.42. The predicted octanol–water partition coefficient (Wildman–Crippen LogP) is 3.27. The van der Waals surface area contributed by atoms with Crippen molar-refractivity contribution in [2.75, 3.05) is 26.2 Å². The number of carbonyl (C=O) groups excluding carboxylic acids is 2. The van der Waals surface area contributed by atoms with Crippen LogP contribution in [0, 0.1) is 11.3 Å². The quantitative estimate of drug-likeness (QED) is 0.837. The van der Waals surface area contributed by atoms with Gasteiger partial charge in [-0.2, -0.15) is 0 Å². The zero-order chi connectivity index (χ0) is 16.0. The number of hydrogen-bond donors (Lipinski definition) is 0. The van der Waals surface area contributed by atoms with Crippen LogP contribution in [-0.2, 0) is 4.79 Å². The molecule has 0 radical (unpaired) electrons. The Hall–Kier alpha value is -1.07. The van der Waals surface area contributed by atoms with Crippen molar-refractivity contribution < 1.29 is 9.59 Å². The largest absolute Gasteiger partial charge is 0.342 e. The van der Waals surface area contributed by atoms with Crippen molar-refractivity contribution in [1.29, 1.82) is 0 Å². The normalized spacial score (nSPS) is 28.0. The standard InChI is InChI=1S/C17H21ClN2O2S/c18-14-5-4-13(23-14)15(21)20-9-7-17(11-20)6-1-8-19(16(17)22)10-12-2-3-12/h4-5,12H,1-3,6-11H2/t17-/m0/s1. The first kappa shape index (κ1) is 15.5. The first-order chi connectivity index (χ1) is 11.1. The minimum atomic E-state index is -0.330. The van der Waals surface area contributed by atoms with Crippen LogP contribution in [0.15, 0.2) is 12.1 Å². The second-order valence-electron chi connectivity index (χ2n) is 7.16. The third-order valence-electron chi connectivity index (χ3n) is 5.42. The van der Waals surface area contributed by atoms with Crippen molar-refractivity contribution in [2.45, 2.75) is 32.1 Å². The lowest BCUT2D eigenvalue weighted by Gasteiger charge is -2.39. The van der Waals surface area contributed by atoms with E-state index in [0.29, 0.717) is 22.3 Å². The molecule has 4 nitrogen and oxygen atoms in total. The molecule has 1 aromatic rings. The summed E-state index contributed by atoms with van der Waals surface area (Å²) in [5, 5.41) is 0. The van der Waals surface area contributed by atoms with Gasteiger partial charge < -0.3 is 9.80 Å². The van der Waals surface area contributed by atoms with Gasteiger partial charge in [0.15, 0.2) is 0 Å². The van der Waals surface area contributed by atoms with E-state index < -0.39 is 0 Å². The summed E-state index contributed by atoms with van der Waals surface area (Å²) < 4.78 is 0.631. The van der Waals surface area contributed by atoms with Crippen molar-refractivity contribution in [3.63, 3.8) is 0 Å². The highest BCUT2D eigenvalue weighted by atomic mass is 35.5. The minimum Gasteiger partial charge on any atom is -0.342 e. The zero-order valence-electron chi connectivity index (χ0n) is 13.1. The van der Waals surface area contributed by atoms with Gasteiger partial charge in [0.25, 0.3) is 5.91 Å². The molecule has 0 aromatic carbocycles. The molecule has 1 aliphatic carbocycles. The SMILES string of the molecule is O=C(c1ccc(Cl)s1)N1CC[C@@]2(CCCN(CC3CC3)C2=O)C1. The maximum absolute atomic E-state index is 13.0. The minimum absolute atomic E-state index is 0.0193. The van der Waals surface area contributed by atoms with Gasteiger partial charge in [-0.15, -0.1) is 11.3 Å². The smallest absolute Gasteiger partial charge is 0.264 e. The van der Waals surface area contributed by atoms with Crippen LogP contribution in [0.3, 0.4) is 0 Å². The first-order valence-electron chi connectivity index (χ1n) is 8.41. The molecule has 2 amide bonds. The van der Waals surface area contributed by atoms with Crippen LogP contribution in [0.25, 0.3) is 0 Å². The molecule has 2 saturated heterocycles. The molecule has 0 N–H and O–H groups in total. The van der Waals surface area contributed by atoms with Crippen LogP contribution < -0.4 is 0 Å². The molecule has 0 unspecified atom stereocenters. The van der Waals surface area contributed by atoms with E-state index in [2.05, 4.69) is 4.90 Å². The monoisotopic (exact) mass is 352 g/mol. The molecule has 124 valence electrons. The fourth-order valence-electron chi connectivity index (χ4n) is 3.95. The average molecular weight is 353 g/mol. The van der Waals surface area contributed by atoms with E-state index in [0.717, 1.165) is 38.3 Å². The van der Waals surface area contributed by atoms with Gasteiger partial charge in [0, 0.05) is 26.2 Å². The summed E-state index contributed by atoms with van der Waals surface area (Å²) in [6.07, 6.45) is 5.31. The molecule has 1 atom stereocenters. The molecule has 23 heavy (non-hydrogen) atoms. The average Bonchev–Trinajstić information content (AvgIpc) is 3.08. The van der Waals surface area contributed by atoms with E-state index in [1.54, 1.807) is 12.1 Å². The number of thiophene rings is 1. The number of carbonyl (C=O) groups is 2. The molecule has 3 fully saturated rings. The van der Waals surface area contributed by atoms with Crippen LogP contribution in [0.5, 0.6) is 0 Å². The van der Waals surface area contributed by atoms with Gasteiger partial charge in [0.1, 0.15) is 0 Å². The molecular weight excluding hydrogens is 332 g/mol. The molecular formula is C17H21ClN2O2S. The van der Waals surface area contributed by atoms with E-state index >= 15 is 0 Å². The Morgan fingerprint density at radius 2 is 2.13 bits per heavy atom. The molecule has 1 spiro atoms. The van der Waals surface area contributed by atoms with Crippen molar-refractivity contribution in [1.82, 2.24) is 9.80 Å². The van der Waals surface area contributed by atoms with E-state index in [1.165, 1.54) is 24.2 Å². The molecule has 0 bridgehead atoms. The first-order valence-corrected chi connectivity index (χ1v) is 9.61. The van der Waals surface area contributed by atoms with Crippen molar-refractivity contribution in [2.24, 2.45) is 11.3 Å². The number of nitrogens with zero attached hydrogens (tertiary/aromatic N) is 2. The number of hydrogen-bond acceptors (Lipinski definition) is 3. The summed E-state index contributed by atoms with van der Waals surface area (Å²) in [7, 11) is 0. The Kier molecular flexibility index (Phi) is 3.88. The summed E-state index contributed by atoms with van der Waals surface area (Å²) in [6, 6.07) is 3.54. The third-order valence-corrected chi connectivity index (χ3v) is 6.64. The molecule has 3 heterocycles. The molecule has 1 aromatic heterocycles. The van der Waals surface area contributed by atoms with Gasteiger partial charge >= 0.3 is 0 Å². The highest BCUT2D eigenvalue weighted by molar-refractivity contribution is 7.17. The molecule has 4 rings (SSSR count). The topological polar surface area (TPSA) is 40.6 Å². The Bertz CT molecular complexity index is 642. The van der Waals surface area contributed by atoms with E-state index in [1.807, 2.05) is 4.90 Å². The van der Waals surface area contributed by atoms with Crippen molar-refractivity contribution >= 4 is 34.8 Å². The number of likely N-dealkylation sites (tertiary alicyclic amines) is 2. The van der Waals surface area contributed by atoms with Gasteiger partial charge in [-0.1, -0.05) is 11.6 Å². The van der Waals surface area contributed by atoms with Crippen molar-refractivity contribution in [3.8, 4) is 0 Å². The predicted molar refractivity (Wildman–Crippen MR) is 90.8 cm³/mol. The van der Waals surface area contributed by atoms with Crippen LogP contribution in [0.2, 0.25) is 4.34 Å². The molecule has 1 saturated carbocycles. The van der Waals surface area contributed by atoms with Crippen molar-refractivity contribution in [3.05, 3.63) is 21.3 Å². The summed E-state index contributed by atoms with van der Waals surface area (Å²) in [5.41, 5.74) is -0.330. The van der Waals surface area contributed by atoms with E-state index in [9.17, 15) is 9.59 Å². The maximum Gasteiger partial charge on any atom is 0.264 e. The Balaban J connectivity index is 1.47.